The van der Waals surface area contributed by atoms with Crippen molar-refractivity contribution in [2.45, 2.75) is 76.8 Å². The minimum atomic E-state index is -4.23. The molecule has 4 rings (SSSR count). The number of sulfonamides is 1. The van der Waals surface area contributed by atoms with Crippen molar-refractivity contribution >= 4 is 33.6 Å². The quantitative estimate of drug-likeness (QED) is 0.585. The molecule has 1 saturated heterocycles. The molecule has 1 aliphatic heterocycles. The van der Waals surface area contributed by atoms with Crippen molar-refractivity contribution in [2.75, 3.05) is 17.2 Å². The van der Waals surface area contributed by atoms with E-state index < -0.39 is 15.9 Å². The summed E-state index contributed by atoms with van der Waals surface area (Å²) in [7, 11) is -4.23. The molecule has 0 spiro atoms. The average Bonchev–Trinajstić information content (AvgIpc) is 3.56. The number of rotatable bonds is 6. The molecule has 1 atom stereocenters. The predicted octanol–water partition coefficient (Wildman–Crippen LogP) is 4.52. The summed E-state index contributed by atoms with van der Waals surface area (Å²) in [5.74, 6) is 0.748. The van der Waals surface area contributed by atoms with E-state index in [1.165, 1.54) is 18.2 Å². The van der Waals surface area contributed by atoms with Crippen molar-refractivity contribution in [1.29, 1.82) is 0 Å². The standard InChI is InChI=1S/C27H37N5O3S/c1-17-14-15-32(27(17,5)6)24-20(25(33)31-36(34,35)22-9-7-8-21(28)29-22)16-19(13-12-18-10-11-18)23(30-24)26(2,3)4/h7-9,12-13,16-18H,10-11,14-15H2,1-6H3,(H2,28,29)(H,31,33)/b13-12+. The first kappa shape index (κ1) is 26.1. The van der Waals surface area contributed by atoms with E-state index in [-0.39, 0.29) is 27.4 Å². The van der Waals surface area contributed by atoms with Crippen LogP contribution in [-0.2, 0) is 15.4 Å². The van der Waals surface area contributed by atoms with E-state index in [2.05, 4.69) is 62.2 Å². The normalized spacial score (nSPS) is 20.2. The first-order chi connectivity index (χ1) is 16.7. The van der Waals surface area contributed by atoms with E-state index in [0.717, 1.165) is 37.1 Å². The molecule has 1 saturated carbocycles. The molecule has 2 fully saturated rings. The Labute approximate surface area is 214 Å². The van der Waals surface area contributed by atoms with Crippen LogP contribution < -0.4 is 15.4 Å². The molecule has 1 unspecified atom stereocenters. The maximum atomic E-state index is 13.6. The lowest BCUT2D eigenvalue weighted by Gasteiger charge is -2.37. The van der Waals surface area contributed by atoms with Gasteiger partial charge in [0.2, 0.25) is 0 Å². The van der Waals surface area contributed by atoms with Gasteiger partial charge in [-0.15, -0.1) is 0 Å². The van der Waals surface area contributed by atoms with Gasteiger partial charge < -0.3 is 10.6 Å². The number of aromatic nitrogens is 2. The summed E-state index contributed by atoms with van der Waals surface area (Å²) >= 11 is 0. The Kier molecular flexibility index (Phi) is 6.66. The van der Waals surface area contributed by atoms with Crippen molar-refractivity contribution in [2.24, 2.45) is 11.8 Å². The van der Waals surface area contributed by atoms with Gasteiger partial charge in [0.05, 0.1) is 11.3 Å². The highest BCUT2D eigenvalue weighted by Gasteiger charge is 2.41. The number of pyridine rings is 2. The smallest absolute Gasteiger partial charge is 0.281 e. The monoisotopic (exact) mass is 511 g/mol. The molecule has 0 aromatic carbocycles. The first-order valence-electron chi connectivity index (χ1n) is 12.5. The van der Waals surface area contributed by atoms with Crippen molar-refractivity contribution < 1.29 is 13.2 Å². The number of hydrogen-bond acceptors (Lipinski definition) is 7. The molecule has 8 nitrogen and oxygen atoms in total. The van der Waals surface area contributed by atoms with Crippen molar-refractivity contribution in [3.8, 4) is 0 Å². The number of hydrogen-bond donors (Lipinski definition) is 2. The highest BCUT2D eigenvalue weighted by atomic mass is 32.2. The van der Waals surface area contributed by atoms with Crippen molar-refractivity contribution in [3.63, 3.8) is 0 Å². The van der Waals surface area contributed by atoms with Gasteiger partial charge in [-0.3, -0.25) is 4.79 Å². The van der Waals surface area contributed by atoms with Crippen LogP contribution in [0, 0.1) is 11.8 Å². The zero-order valence-corrected chi connectivity index (χ0v) is 22.8. The molecule has 1 amide bonds. The second-order valence-corrected chi connectivity index (χ2v) is 13.2. The van der Waals surface area contributed by atoms with Crippen LogP contribution in [0.2, 0.25) is 0 Å². The summed E-state index contributed by atoms with van der Waals surface area (Å²) in [6, 6.07) is 6.08. The Bertz CT molecular complexity index is 1310. The lowest BCUT2D eigenvalue weighted by Crippen LogP contribution is -2.44. The fourth-order valence-corrected chi connectivity index (χ4v) is 5.51. The Balaban J connectivity index is 1.84. The number of anilines is 2. The molecule has 3 heterocycles. The van der Waals surface area contributed by atoms with Gasteiger partial charge in [-0.1, -0.05) is 45.9 Å². The molecule has 0 bridgehead atoms. The van der Waals surface area contributed by atoms with Gasteiger partial charge in [-0.2, -0.15) is 8.42 Å². The summed E-state index contributed by atoms with van der Waals surface area (Å²) in [5.41, 5.74) is 7.08. The molecular formula is C27H37N5O3S. The Morgan fingerprint density at radius 1 is 1.19 bits per heavy atom. The van der Waals surface area contributed by atoms with E-state index in [4.69, 9.17) is 10.7 Å². The maximum Gasteiger partial charge on any atom is 0.281 e. The number of nitrogens with two attached hydrogens (primary N) is 1. The minimum Gasteiger partial charge on any atom is -0.384 e. The fraction of sp³-hybridized carbons (Fsp3) is 0.519. The Morgan fingerprint density at radius 2 is 1.89 bits per heavy atom. The summed E-state index contributed by atoms with van der Waals surface area (Å²) in [6.45, 7) is 13.5. The molecule has 2 aromatic rings. The number of nitrogen functional groups attached to an aromatic ring is 1. The van der Waals surface area contributed by atoms with Gasteiger partial charge >= 0.3 is 0 Å². The summed E-state index contributed by atoms with van der Waals surface area (Å²) < 4.78 is 28.2. The zero-order valence-electron chi connectivity index (χ0n) is 22.0. The number of nitrogens with one attached hydrogen (secondary N) is 1. The van der Waals surface area contributed by atoms with Crippen LogP contribution in [0.15, 0.2) is 35.4 Å². The highest BCUT2D eigenvalue weighted by Crippen LogP contribution is 2.41. The predicted molar refractivity (Wildman–Crippen MR) is 143 cm³/mol. The lowest BCUT2D eigenvalue weighted by atomic mass is 9.86. The number of amides is 1. The van der Waals surface area contributed by atoms with Crippen LogP contribution in [0.1, 0.15) is 82.4 Å². The third-order valence-electron chi connectivity index (χ3n) is 7.35. The van der Waals surface area contributed by atoms with Gasteiger partial charge in [-0.05, 0) is 68.7 Å². The SMILES string of the molecule is CC1CCN(c2nc(C(C)(C)C)c(/C=C/C3CC3)cc2C(=O)NS(=O)(=O)c2cccc(N)n2)C1(C)C. The molecule has 0 radical (unpaired) electrons. The molecule has 36 heavy (non-hydrogen) atoms. The highest BCUT2D eigenvalue weighted by molar-refractivity contribution is 7.90. The summed E-state index contributed by atoms with van der Waals surface area (Å²) in [5, 5.41) is -0.305. The fourth-order valence-electron chi connectivity index (χ4n) is 4.57. The Hall–Kier alpha value is -2.94. The molecule has 1 aliphatic carbocycles. The van der Waals surface area contributed by atoms with Crippen LogP contribution in [0.3, 0.4) is 0 Å². The summed E-state index contributed by atoms with van der Waals surface area (Å²) in [4.78, 5) is 24.7. The average molecular weight is 512 g/mol. The van der Waals surface area contributed by atoms with Gasteiger partial charge in [0.25, 0.3) is 15.9 Å². The minimum absolute atomic E-state index is 0.0579. The van der Waals surface area contributed by atoms with E-state index in [1.807, 2.05) is 6.08 Å². The third kappa shape index (κ3) is 5.26. The molecule has 2 aromatic heterocycles. The molecule has 2 aliphatic rings. The second-order valence-electron chi connectivity index (χ2n) is 11.6. The van der Waals surface area contributed by atoms with Gasteiger partial charge in [-0.25, -0.2) is 14.7 Å². The van der Waals surface area contributed by atoms with E-state index in [9.17, 15) is 13.2 Å². The molecular weight excluding hydrogens is 474 g/mol. The third-order valence-corrected chi connectivity index (χ3v) is 8.58. The first-order valence-corrected chi connectivity index (χ1v) is 14.0. The van der Waals surface area contributed by atoms with E-state index >= 15 is 0 Å². The number of carbonyl (C=O) groups excluding carboxylic acids is 1. The molecule has 9 heteroatoms. The molecule has 3 N–H and O–H groups in total. The number of allylic oxidation sites excluding steroid dienone is 1. The van der Waals surface area contributed by atoms with Gasteiger partial charge in [0.1, 0.15) is 11.6 Å². The topological polar surface area (TPSA) is 118 Å². The van der Waals surface area contributed by atoms with Crippen LogP contribution >= 0.6 is 0 Å². The second kappa shape index (κ2) is 9.18. The number of nitrogens with zero attached hydrogens (tertiary/aromatic N) is 3. The maximum absolute atomic E-state index is 13.6. The van der Waals surface area contributed by atoms with Crippen LogP contribution in [0.25, 0.3) is 6.08 Å². The van der Waals surface area contributed by atoms with Crippen LogP contribution in [0.4, 0.5) is 11.6 Å². The van der Waals surface area contributed by atoms with Gasteiger partial charge in [0.15, 0.2) is 5.03 Å². The van der Waals surface area contributed by atoms with E-state index in [1.54, 1.807) is 6.07 Å². The zero-order chi connectivity index (χ0) is 26.5. The number of carbonyl (C=O) groups is 1. The van der Waals surface area contributed by atoms with Crippen molar-refractivity contribution in [3.05, 3.63) is 47.2 Å². The van der Waals surface area contributed by atoms with Crippen molar-refractivity contribution in [1.82, 2.24) is 14.7 Å². The lowest BCUT2D eigenvalue weighted by molar-refractivity contribution is 0.0981. The summed E-state index contributed by atoms with van der Waals surface area (Å²) in [6.07, 6.45) is 7.45. The molecule has 194 valence electrons. The largest absolute Gasteiger partial charge is 0.384 e. The van der Waals surface area contributed by atoms with Crippen LogP contribution in [0.5, 0.6) is 0 Å². The Morgan fingerprint density at radius 3 is 2.44 bits per heavy atom. The van der Waals surface area contributed by atoms with Gasteiger partial charge in [0, 0.05) is 17.5 Å². The van der Waals surface area contributed by atoms with Crippen LogP contribution in [-0.4, -0.2) is 36.4 Å². The van der Waals surface area contributed by atoms with E-state index in [0.29, 0.717) is 17.7 Å².